The Balaban J connectivity index is 0.000000360. The molecule has 46 valence electrons. The van der Waals surface area contributed by atoms with Crippen LogP contribution in [0.4, 0.5) is 0 Å². The van der Waals surface area contributed by atoms with E-state index >= 15 is 0 Å². The molecular formula is C4H9N2Pt-. The molecule has 0 radical (unpaired) electrons. The minimum absolute atomic E-state index is 0. The quantitative estimate of drug-likeness (QED) is 0.593. The maximum atomic E-state index is 5.36. The van der Waals surface area contributed by atoms with Gasteiger partial charge in [-0.25, -0.2) is 6.04 Å². The van der Waals surface area contributed by atoms with Crippen molar-refractivity contribution in [1.82, 2.24) is 0 Å². The molecule has 1 saturated carbocycles. The summed E-state index contributed by atoms with van der Waals surface area (Å²) < 4.78 is 0. The summed E-state index contributed by atoms with van der Waals surface area (Å²) in [5, 5.41) is 0. The first kappa shape index (κ1) is 7.61. The smallest absolute Gasteiger partial charge is 0 e. The third kappa shape index (κ3) is 1.52. The van der Waals surface area contributed by atoms with Crippen LogP contribution in [0.3, 0.4) is 0 Å². The van der Waals surface area contributed by atoms with Crippen molar-refractivity contribution >= 4 is 0 Å². The van der Waals surface area contributed by atoms with Gasteiger partial charge in [-0.15, -0.1) is 6.04 Å². The molecule has 3 heteroatoms. The van der Waals surface area contributed by atoms with E-state index in [4.69, 9.17) is 11.5 Å². The van der Waals surface area contributed by atoms with Crippen LogP contribution in [0.5, 0.6) is 0 Å². The van der Waals surface area contributed by atoms with Crippen LogP contribution in [0.15, 0.2) is 0 Å². The third-order valence-electron chi connectivity index (χ3n) is 1.22. The number of hydrogen-bond acceptors (Lipinski definition) is 2. The number of hydrogen-bond donors (Lipinski definition) is 2. The van der Waals surface area contributed by atoms with Gasteiger partial charge < -0.3 is 11.5 Å². The average molecular weight is 280 g/mol. The zero-order chi connectivity index (χ0) is 4.57. The van der Waals surface area contributed by atoms with Gasteiger partial charge >= 0.3 is 0 Å². The van der Waals surface area contributed by atoms with Crippen LogP contribution in [0, 0.1) is 6.04 Å². The molecule has 0 aliphatic heterocycles. The fourth-order valence-corrected chi connectivity index (χ4v) is 0.478. The first-order valence-electron chi connectivity index (χ1n) is 2.17. The van der Waals surface area contributed by atoms with Gasteiger partial charge in [-0.2, -0.15) is 6.42 Å². The molecule has 0 heterocycles. The Kier molecular flexibility index (Phi) is 3.05. The summed E-state index contributed by atoms with van der Waals surface area (Å²) in [7, 11) is 0. The van der Waals surface area contributed by atoms with E-state index in [1.807, 2.05) is 0 Å². The van der Waals surface area contributed by atoms with Gasteiger partial charge in [0.1, 0.15) is 0 Å². The predicted octanol–water partition coefficient (Wildman–Crippen LogP) is -0.404. The average Bonchev–Trinajstić information content (AvgIpc) is 1.61. The van der Waals surface area contributed by atoms with Crippen molar-refractivity contribution < 1.29 is 21.1 Å². The molecule has 0 amide bonds. The monoisotopic (exact) mass is 280 g/mol. The van der Waals surface area contributed by atoms with Gasteiger partial charge in [0, 0.05) is 21.1 Å². The molecule has 1 rings (SSSR count). The Hall–Kier alpha value is 0.608. The van der Waals surface area contributed by atoms with Crippen LogP contribution in [0.1, 0.15) is 12.8 Å². The van der Waals surface area contributed by atoms with Gasteiger partial charge in [0.15, 0.2) is 0 Å². The van der Waals surface area contributed by atoms with Crippen molar-refractivity contribution in [3.63, 3.8) is 0 Å². The second-order valence-corrected chi connectivity index (χ2v) is 1.72. The molecular weight excluding hydrogens is 271 g/mol. The minimum Gasteiger partial charge on any atom is -0.479 e. The van der Waals surface area contributed by atoms with Crippen LogP contribution >= 0.6 is 0 Å². The van der Waals surface area contributed by atoms with Crippen LogP contribution in [-0.2, 0) is 21.1 Å². The minimum atomic E-state index is 0. The molecule has 1 fully saturated rings. The van der Waals surface area contributed by atoms with Gasteiger partial charge in [0.25, 0.3) is 0 Å². The largest absolute Gasteiger partial charge is 0.479 e. The SMILES string of the molecule is N[C-]1CCC1N.[Pt]. The van der Waals surface area contributed by atoms with E-state index in [0.29, 0.717) is 0 Å². The summed E-state index contributed by atoms with van der Waals surface area (Å²) in [6.45, 7) is 0. The molecule has 0 bridgehead atoms. The molecule has 0 aromatic heterocycles. The van der Waals surface area contributed by atoms with E-state index < -0.39 is 0 Å². The maximum Gasteiger partial charge on any atom is 0 e. The molecule has 0 spiro atoms. The molecule has 7 heavy (non-hydrogen) atoms. The first-order chi connectivity index (χ1) is 2.80. The second-order valence-electron chi connectivity index (χ2n) is 1.72. The topological polar surface area (TPSA) is 52.0 Å². The summed E-state index contributed by atoms with van der Waals surface area (Å²) in [6, 6.07) is 1.19. The Morgan fingerprint density at radius 1 is 1.57 bits per heavy atom. The van der Waals surface area contributed by atoms with Crippen molar-refractivity contribution in [1.29, 1.82) is 0 Å². The van der Waals surface area contributed by atoms with Gasteiger partial charge in [0.05, 0.1) is 0 Å². The van der Waals surface area contributed by atoms with Crippen LogP contribution in [-0.4, -0.2) is 6.04 Å². The standard InChI is InChI=1S/C4H9N2.Pt/c5-3-1-2-4(3)6;/h3H,1-2,5-6H2;/q-1;. The van der Waals surface area contributed by atoms with Crippen LogP contribution < -0.4 is 11.5 Å². The molecule has 0 saturated heterocycles. The van der Waals surface area contributed by atoms with Crippen molar-refractivity contribution in [2.24, 2.45) is 11.5 Å². The summed E-state index contributed by atoms with van der Waals surface area (Å²) in [6.07, 6.45) is 2.13. The molecule has 1 aliphatic rings. The van der Waals surface area contributed by atoms with Crippen molar-refractivity contribution in [3.05, 3.63) is 6.04 Å². The summed E-state index contributed by atoms with van der Waals surface area (Å²) >= 11 is 0. The summed E-state index contributed by atoms with van der Waals surface area (Å²) in [5.74, 6) is 0. The molecule has 0 aromatic carbocycles. The fraction of sp³-hybridized carbons (Fsp3) is 0.750. The van der Waals surface area contributed by atoms with E-state index in [0.717, 1.165) is 18.9 Å². The summed E-state index contributed by atoms with van der Waals surface area (Å²) in [4.78, 5) is 0. The summed E-state index contributed by atoms with van der Waals surface area (Å²) in [5.41, 5.74) is 10.7. The number of rotatable bonds is 0. The van der Waals surface area contributed by atoms with Gasteiger partial charge in [-0.3, -0.25) is 0 Å². The van der Waals surface area contributed by atoms with Crippen LogP contribution in [0.2, 0.25) is 0 Å². The van der Waals surface area contributed by atoms with Gasteiger partial charge in [-0.1, -0.05) is 6.42 Å². The normalized spacial score (nSPS) is 30.9. The van der Waals surface area contributed by atoms with E-state index in [-0.39, 0.29) is 27.1 Å². The Morgan fingerprint density at radius 2 is 2.00 bits per heavy atom. The maximum absolute atomic E-state index is 5.36. The van der Waals surface area contributed by atoms with E-state index in [1.54, 1.807) is 0 Å². The fourth-order valence-electron chi connectivity index (χ4n) is 0.478. The Labute approximate surface area is 57.9 Å². The van der Waals surface area contributed by atoms with Gasteiger partial charge in [0.2, 0.25) is 0 Å². The van der Waals surface area contributed by atoms with Crippen molar-refractivity contribution in [2.75, 3.05) is 0 Å². The number of nitrogens with two attached hydrogens (primary N) is 2. The van der Waals surface area contributed by atoms with Crippen LogP contribution in [0.25, 0.3) is 0 Å². The molecule has 1 atom stereocenters. The Bertz CT molecular complexity index is 49.7. The Morgan fingerprint density at radius 3 is 2.00 bits per heavy atom. The first-order valence-corrected chi connectivity index (χ1v) is 2.17. The zero-order valence-electron chi connectivity index (χ0n) is 3.96. The molecule has 1 unspecified atom stereocenters. The molecule has 2 nitrogen and oxygen atoms in total. The zero-order valence-corrected chi connectivity index (χ0v) is 6.23. The molecule has 1 aliphatic carbocycles. The molecule has 4 N–H and O–H groups in total. The second kappa shape index (κ2) is 2.80. The van der Waals surface area contributed by atoms with Gasteiger partial charge in [-0.05, 0) is 0 Å². The predicted molar refractivity (Wildman–Crippen MR) is 24.6 cm³/mol. The van der Waals surface area contributed by atoms with Crippen molar-refractivity contribution in [2.45, 2.75) is 18.9 Å². The molecule has 0 aromatic rings. The van der Waals surface area contributed by atoms with Crippen molar-refractivity contribution in [3.8, 4) is 0 Å². The van der Waals surface area contributed by atoms with E-state index in [9.17, 15) is 0 Å². The van der Waals surface area contributed by atoms with E-state index in [2.05, 4.69) is 0 Å². The third-order valence-corrected chi connectivity index (χ3v) is 1.22. The van der Waals surface area contributed by atoms with E-state index in [1.165, 1.54) is 0 Å².